The monoisotopic (exact) mass is 339 g/mol. The fourth-order valence-electron chi connectivity index (χ4n) is 2.99. The number of carbonyl (C=O) groups excluding carboxylic acids is 2. The van der Waals surface area contributed by atoms with Crippen LogP contribution in [-0.2, 0) is 9.59 Å². The van der Waals surface area contributed by atoms with Gasteiger partial charge in [-0.3, -0.25) is 14.6 Å². The maximum absolute atomic E-state index is 14.4. The highest BCUT2D eigenvalue weighted by Gasteiger charge is 2.32. The van der Waals surface area contributed by atoms with E-state index in [0.717, 1.165) is 5.56 Å². The van der Waals surface area contributed by atoms with E-state index in [1.807, 2.05) is 13.0 Å². The molecule has 25 heavy (non-hydrogen) atoms. The van der Waals surface area contributed by atoms with Gasteiger partial charge in [0, 0.05) is 11.1 Å². The Morgan fingerprint density at radius 2 is 1.88 bits per heavy atom. The maximum atomic E-state index is 14.4. The summed E-state index contributed by atoms with van der Waals surface area (Å²) in [5, 5.41) is 0. The second-order valence-electron chi connectivity index (χ2n) is 6.00. The summed E-state index contributed by atoms with van der Waals surface area (Å²) in [6, 6.07) is 11.6. The van der Waals surface area contributed by atoms with Gasteiger partial charge in [-0.05, 0) is 31.5 Å². The minimum Gasteiger partial charge on any atom is -0.302 e. The number of nitrogens with two attached hydrogens (primary N) is 1. The predicted octanol–water partition coefficient (Wildman–Crippen LogP) is 2.19. The number of hydrogen-bond donors (Lipinski definition) is 1. The number of benzene rings is 2. The molecule has 0 fully saturated rings. The number of para-hydroxylation sites is 1. The van der Waals surface area contributed by atoms with Gasteiger partial charge in [0.05, 0.1) is 17.9 Å². The van der Waals surface area contributed by atoms with Crippen LogP contribution in [0.1, 0.15) is 23.6 Å². The quantitative estimate of drug-likeness (QED) is 0.931. The van der Waals surface area contributed by atoms with Gasteiger partial charge in [0.1, 0.15) is 11.6 Å². The molecule has 1 amide bonds. The third-order valence-electron chi connectivity index (χ3n) is 4.06. The van der Waals surface area contributed by atoms with Crippen LogP contribution in [0, 0.1) is 12.7 Å². The molecule has 1 aliphatic heterocycles. The van der Waals surface area contributed by atoms with E-state index in [1.165, 1.54) is 17.9 Å². The van der Waals surface area contributed by atoms with Crippen molar-refractivity contribution in [2.45, 2.75) is 20.0 Å². The van der Waals surface area contributed by atoms with Gasteiger partial charge in [0.2, 0.25) is 0 Å². The highest BCUT2D eigenvalue weighted by atomic mass is 19.1. The molecule has 1 aliphatic rings. The summed E-state index contributed by atoms with van der Waals surface area (Å²) in [7, 11) is 0. The molecule has 0 bridgehead atoms. The Balaban J connectivity index is 2.29. The Labute approximate surface area is 145 Å². The summed E-state index contributed by atoms with van der Waals surface area (Å²) in [4.78, 5) is 30.0. The number of Topliss-reactive ketones (excluding diaryl/α,β-unsaturated/α-hetero) is 1. The molecule has 6 heteroatoms. The number of halogens is 1. The van der Waals surface area contributed by atoms with Crippen LogP contribution in [-0.4, -0.2) is 30.1 Å². The van der Waals surface area contributed by atoms with Gasteiger partial charge < -0.3 is 10.6 Å². The molecular formula is C19H18FN3O2. The smallest absolute Gasteiger partial charge is 0.266 e. The molecule has 0 unspecified atom stereocenters. The number of nitrogens with zero attached hydrogens (tertiary/aromatic N) is 2. The van der Waals surface area contributed by atoms with Crippen molar-refractivity contribution in [2.75, 3.05) is 11.4 Å². The number of ketones is 1. The van der Waals surface area contributed by atoms with Crippen LogP contribution in [0.2, 0.25) is 0 Å². The number of amides is 1. The normalized spacial score (nSPS) is 17.0. The van der Waals surface area contributed by atoms with E-state index in [1.54, 1.807) is 30.3 Å². The molecule has 0 saturated heterocycles. The lowest BCUT2D eigenvalue weighted by molar-refractivity contribution is -0.122. The van der Waals surface area contributed by atoms with Crippen molar-refractivity contribution < 1.29 is 14.0 Å². The highest BCUT2D eigenvalue weighted by Crippen LogP contribution is 2.31. The van der Waals surface area contributed by atoms with Gasteiger partial charge in [0.15, 0.2) is 6.17 Å². The maximum Gasteiger partial charge on any atom is 0.266 e. The first-order valence-electron chi connectivity index (χ1n) is 7.89. The van der Waals surface area contributed by atoms with Crippen molar-refractivity contribution in [1.82, 2.24) is 0 Å². The Morgan fingerprint density at radius 1 is 1.20 bits per heavy atom. The molecule has 1 heterocycles. The first-order valence-corrected chi connectivity index (χ1v) is 7.89. The van der Waals surface area contributed by atoms with Crippen molar-refractivity contribution in [2.24, 2.45) is 10.7 Å². The van der Waals surface area contributed by atoms with Gasteiger partial charge in [-0.25, -0.2) is 4.39 Å². The zero-order chi connectivity index (χ0) is 18.1. The zero-order valence-electron chi connectivity index (χ0n) is 14.0. The van der Waals surface area contributed by atoms with Crippen LogP contribution >= 0.6 is 0 Å². The molecule has 0 aliphatic carbocycles. The van der Waals surface area contributed by atoms with E-state index in [9.17, 15) is 14.0 Å². The number of aryl methyl sites for hydroxylation is 1. The van der Waals surface area contributed by atoms with E-state index in [-0.39, 0.29) is 17.9 Å². The number of hydrogen-bond acceptors (Lipinski definition) is 4. The molecule has 1 atom stereocenters. The van der Waals surface area contributed by atoms with Crippen LogP contribution < -0.4 is 10.6 Å². The van der Waals surface area contributed by atoms with Crippen LogP contribution in [0.25, 0.3) is 0 Å². The van der Waals surface area contributed by atoms with E-state index < -0.39 is 17.9 Å². The summed E-state index contributed by atoms with van der Waals surface area (Å²) in [6.07, 6.45) is -1.21. The van der Waals surface area contributed by atoms with Gasteiger partial charge in [0.25, 0.3) is 5.91 Å². The summed E-state index contributed by atoms with van der Waals surface area (Å²) in [5.74, 6) is -1.12. The number of aliphatic imine (C=N–C) groups is 1. The second kappa shape index (κ2) is 6.57. The Hall–Kier alpha value is -2.86. The molecule has 128 valence electrons. The third-order valence-corrected chi connectivity index (χ3v) is 4.06. The average Bonchev–Trinajstić information content (AvgIpc) is 2.66. The average molecular weight is 339 g/mol. The largest absolute Gasteiger partial charge is 0.302 e. The van der Waals surface area contributed by atoms with E-state index in [2.05, 4.69) is 4.99 Å². The first kappa shape index (κ1) is 17.0. The molecule has 0 aromatic heterocycles. The highest BCUT2D eigenvalue weighted by molar-refractivity contribution is 6.21. The summed E-state index contributed by atoms with van der Waals surface area (Å²) >= 11 is 0. The lowest BCUT2D eigenvalue weighted by Gasteiger charge is -2.25. The van der Waals surface area contributed by atoms with Crippen molar-refractivity contribution in [1.29, 1.82) is 0 Å². The predicted molar refractivity (Wildman–Crippen MR) is 94.2 cm³/mol. The molecule has 0 spiro atoms. The zero-order valence-corrected chi connectivity index (χ0v) is 14.0. The number of fused-ring (bicyclic) bond motifs is 1. The second-order valence-corrected chi connectivity index (χ2v) is 6.00. The standard InChI is InChI=1S/C19H18FN3O2/c1-11-6-5-8-14-16(13-7-3-4-9-15(13)20)22-18(21)19(25)23(17(11)14)10-12(2)24/h3-9,18H,10,21H2,1-2H3/t18-/m0/s1. The molecule has 5 nitrogen and oxygen atoms in total. The van der Waals surface area contributed by atoms with Crippen LogP contribution in [0.5, 0.6) is 0 Å². The third kappa shape index (κ3) is 3.08. The lowest BCUT2D eigenvalue weighted by Crippen LogP contribution is -2.44. The van der Waals surface area contributed by atoms with E-state index in [4.69, 9.17) is 5.73 Å². The number of benzodiazepines with no additional fused rings is 1. The van der Waals surface area contributed by atoms with Crippen molar-refractivity contribution in [3.05, 3.63) is 65.0 Å². The molecule has 2 N–H and O–H groups in total. The first-order chi connectivity index (χ1) is 11.9. The van der Waals surface area contributed by atoms with Crippen molar-refractivity contribution in [3.8, 4) is 0 Å². The fourth-order valence-corrected chi connectivity index (χ4v) is 2.99. The molecule has 2 aromatic rings. The van der Waals surface area contributed by atoms with E-state index >= 15 is 0 Å². The minimum absolute atomic E-state index is 0.107. The van der Waals surface area contributed by atoms with Crippen LogP contribution in [0.4, 0.5) is 10.1 Å². The Bertz CT molecular complexity index is 892. The van der Waals surface area contributed by atoms with Crippen molar-refractivity contribution in [3.63, 3.8) is 0 Å². The summed E-state index contributed by atoms with van der Waals surface area (Å²) in [5.41, 5.74) is 8.41. The topological polar surface area (TPSA) is 75.8 Å². The minimum atomic E-state index is -1.21. The fraction of sp³-hybridized carbons (Fsp3) is 0.211. The van der Waals surface area contributed by atoms with Crippen LogP contribution in [0.3, 0.4) is 0 Å². The van der Waals surface area contributed by atoms with Gasteiger partial charge >= 0.3 is 0 Å². The van der Waals surface area contributed by atoms with Gasteiger partial charge in [-0.1, -0.05) is 30.3 Å². The molecule has 0 radical (unpaired) electrons. The summed E-state index contributed by atoms with van der Waals surface area (Å²) in [6.45, 7) is 3.12. The molecule has 0 saturated carbocycles. The summed E-state index contributed by atoms with van der Waals surface area (Å²) < 4.78 is 14.4. The number of rotatable bonds is 3. The van der Waals surface area contributed by atoms with Crippen LogP contribution in [0.15, 0.2) is 47.5 Å². The number of anilines is 1. The lowest BCUT2D eigenvalue weighted by atomic mass is 9.97. The SMILES string of the molecule is CC(=O)CN1C(=O)[C@@H](N)N=C(c2ccccc2F)c2cccc(C)c21. The number of carbonyl (C=O) groups is 2. The Morgan fingerprint density at radius 3 is 2.56 bits per heavy atom. The Kier molecular flexibility index (Phi) is 4.46. The molecule has 3 rings (SSSR count). The molecular weight excluding hydrogens is 321 g/mol. The van der Waals surface area contributed by atoms with E-state index in [0.29, 0.717) is 17.0 Å². The van der Waals surface area contributed by atoms with Gasteiger partial charge in [-0.2, -0.15) is 0 Å². The van der Waals surface area contributed by atoms with Gasteiger partial charge in [-0.15, -0.1) is 0 Å². The van der Waals surface area contributed by atoms with Crippen molar-refractivity contribution >= 4 is 23.1 Å². The molecule has 2 aromatic carbocycles.